The zero-order chi connectivity index (χ0) is 16.2. The van der Waals surface area contributed by atoms with E-state index in [9.17, 15) is 13.2 Å². The molecule has 0 bridgehead atoms. The average Bonchev–Trinajstić information content (AvgIpc) is 3.00. The lowest BCUT2D eigenvalue weighted by Crippen LogP contribution is -2.52. The highest BCUT2D eigenvalue weighted by molar-refractivity contribution is 7.89. The quantitative estimate of drug-likeness (QED) is 0.708. The van der Waals surface area contributed by atoms with Gasteiger partial charge in [0, 0.05) is 32.7 Å². The van der Waals surface area contributed by atoms with Crippen molar-refractivity contribution in [3.05, 3.63) is 0 Å². The summed E-state index contributed by atoms with van der Waals surface area (Å²) in [4.78, 5) is 14.1. The number of hydrogen-bond donors (Lipinski definition) is 1. The highest BCUT2D eigenvalue weighted by Gasteiger charge is 2.32. The van der Waals surface area contributed by atoms with Crippen LogP contribution in [0.3, 0.4) is 0 Å². The summed E-state index contributed by atoms with van der Waals surface area (Å²) >= 11 is 0. The molecule has 0 aliphatic carbocycles. The molecule has 1 N–H and O–H groups in total. The third kappa shape index (κ3) is 5.86. The Bertz CT molecular complexity index is 472. The van der Waals surface area contributed by atoms with Crippen LogP contribution in [0.1, 0.15) is 20.3 Å². The van der Waals surface area contributed by atoms with Crippen LogP contribution in [0.25, 0.3) is 0 Å². The Morgan fingerprint density at radius 1 is 1.26 bits per heavy atom. The zero-order valence-corrected chi connectivity index (χ0v) is 15.5. The summed E-state index contributed by atoms with van der Waals surface area (Å²) in [5, 5.41) is 3.19. The number of rotatable bonds is 6. The van der Waals surface area contributed by atoms with E-state index in [-0.39, 0.29) is 42.7 Å². The molecule has 2 aliphatic rings. The Balaban J connectivity index is 0.00000264. The number of sulfonamides is 1. The number of halogens is 1. The molecule has 0 aromatic heterocycles. The second-order valence-electron chi connectivity index (χ2n) is 6.15. The van der Waals surface area contributed by atoms with Crippen LogP contribution in [0.2, 0.25) is 0 Å². The fourth-order valence-corrected chi connectivity index (χ4v) is 4.11. The summed E-state index contributed by atoms with van der Waals surface area (Å²) in [5.74, 6) is 0.221. The molecule has 1 atom stereocenters. The molecule has 2 aliphatic heterocycles. The second-order valence-corrected chi connectivity index (χ2v) is 8.24. The molecule has 2 saturated heterocycles. The van der Waals surface area contributed by atoms with Gasteiger partial charge in [0.25, 0.3) is 0 Å². The van der Waals surface area contributed by atoms with Crippen LogP contribution in [0.15, 0.2) is 0 Å². The maximum absolute atomic E-state index is 12.3. The predicted octanol–water partition coefficient (Wildman–Crippen LogP) is -0.0833. The van der Waals surface area contributed by atoms with E-state index in [0.29, 0.717) is 26.2 Å². The van der Waals surface area contributed by atoms with Gasteiger partial charge in [-0.2, -0.15) is 4.31 Å². The lowest BCUT2D eigenvalue weighted by atomic mass is 10.1. The number of nitrogens with one attached hydrogen (secondary N) is 1. The van der Waals surface area contributed by atoms with Gasteiger partial charge in [-0.3, -0.25) is 4.79 Å². The summed E-state index contributed by atoms with van der Waals surface area (Å²) in [5.41, 5.74) is 0. The third-order valence-electron chi connectivity index (χ3n) is 4.15. The van der Waals surface area contributed by atoms with Crippen LogP contribution < -0.4 is 5.32 Å². The van der Waals surface area contributed by atoms with Gasteiger partial charge < -0.3 is 15.0 Å². The number of ether oxygens (including phenoxy) is 1. The fraction of sp³-hybridized carbons (Fsp3) is 0.929. The molecule has 7 nitrogen and oxygen atoms in total. The van der Waals surface area contributed by atoms with Crippen LogP contribution in [0.4, 0.5) is 0 Å². The Hall–Kier alpha value is -0.410. The molecule has 136 valence electrons. The zero-order valence-electron chi connectivity index (χ0n) is 13.9. The van der Waals surface area contributed by atoms with E-state index in [4.69, 9.17) is 4.74 Å². The van der Waals surface area contributed by atoms with Gasteiger partial charge >= 0.3 is 0 Å². The number of hydrogen-bond acceptors (Lipinski definition) is 5. The number of nitrogens with zero attached hydrogens (tertiary/aromatic N) is 2. The lowest BCUT2D eigenvalue weighted by molar-refractivity contribution is -0.136. The van der Waals surface area contributed by atoms with Crippen molar-refractivity contribution in [2.24, 2.45) is 5.92 Å². The first-order valence-corrected chi connectivity index (χ1v) is 9.60. The molecule has 1 amide bonds. The van der Waals surface area contributed by atoms with Crippen molar-refractivity contribution in [1.29, 1.82) is 0 Å². The Labute approximate surface area is 145 Å². The molecule has 0 saturated carbocycles. The number of carbonyl (C=O) groups excluding carboxylic acids is 1. The van der Waals surface area contributed by atoms with Gasteiger partial charge in [-0.1, -0.05) is 0 Å². The molecular weight excluding hydrogens is 342 g/mol. The molecule has 23 heavy (non-hydrogen) atoms. The summed E-state index contributed by atoms with van der Waals surface area (Å²) in [7, 11) is -3.29. The minimum Gasteiger partial charge on any atom is -0.378 e. The van der Waals surface area contributed by atoms with Crippen LogP contribution in [0.5, 0.6) is 0 Å². The second kappa shape index (κ2) is 9.17. The number of carbonyl (C=O) groups is 1. The predicted molar refractivity (Wildman–Crippen MR) is 91.3 cm³/mol. The van der Waals surface area contributed by atoms with E-state index < -0.39 is 10.0 Å². The maximum atomic E-state index is 12.3. The van der Waals surface area contributed by atoms with Gasteiger partial charge in [0.2, 0.25) is 15.9 Å². The molecule has 0 spiro atoms. The average molecular weight is 370 g/mol. The van der Waals surface area contributed by atoms with Gasteiger partial charge in [-0.05, 0) is 26.8 Å². The minimum atomic E-state index is -3.29. The maximum Gasteiger partial charge on any atom is 0.227 e. The summed E-state index contributed by atoms with van der Waals surface area (Å²) in [6.45, 7) is 7.35. The van der Waals surface area contributed by atoms with Gasteiger partial charge in [-0.25, -0.2) is 8.42 Å². The third-order valence-corrected chi connectivity index (χ3v) is 5.98. The van der Waals surface area contributed by atoms with Gasteiger partial charge in [0.15, 0.2) is 0 Å². The molecule has 9 heteroatoms. The van der Waals surface area contributed by atoms with E-state index in [1.165, 1.54) is 4.31 Å². The molecule has 1 unspecified atom stereocenters. The standard InChI is InChI=1S/C14H27N3O4S.ClH/c1-12(2)21-9-10-22(19,20)17-7-5-16(6-8-17)14(18)13-3-4-15-11-13;/h12-13,15H,3-11H2,1-2H3;1H. The van der Waals surface area contributed by atoms with Crippen LogP contribution in [-0.4, -0.2) is 81.3 Å². The van der Waals surface area contributed by atoms with Crippen molar-refractivity contribution in [3.63, 3.8) is 0 Å². The minimum absolute atomic E-state index is 0. The largest absolute Gasteiger partial charge is 0.378 e. The molecule has 2 heterocycles. The normalized spacial score (nSPS) is 23.1. The van der Waals surface area contributed by atoms with Crippen molar-refractivity contribution < 1.29 is 17.9 Å². The van der Waals surface area contributed by atoms with Crippen LogP contribution >= 0.6 is 12.4 Å². The van der Waals surface area contributed by atoms with Gasteiger partial charge in [0.1, 0.15) is 0 Å². The van der Waals surface area contributed by atoms with E-state index in [2.05, 4.69) is 5.32 Å². The van der Waals surface area contributed by atoms with Crippen molar-refractivity contribution in [3.8, 4) is 0 Å². The molecule has 2 fully saturated rings. The Kier molecular flexibility index (Phi) is 8.23. The van der Waals surface area contributed by atoms with Crippen LogP contribution in [0, 0.1) is 5.92 Å². The fourth-order valence-electron chi connectivity index (χ4n) is 2.83. The van der Waals surface area contributed by atoms with Crippen molar-refractivity contribution in [2.45, 2.75) is 26.4 Å². The smallest absolute Gasteiger partial charge is 0.227 e. The number of amides is 1. The first-order chi connectivity index (χ1) is 10.4. The Morgan fingerprint density at radius 2 is 1.91 bits per heavy atom. The van der Waals surface area contributed by atoms with Gasteiger partial charge in [0.05, 0.1) is 24.4 Å². The molecule has 0 aromatic carbocycles. The first-order valence-electron chi connectivity index (χ1n) is 7.99. The lowest BCUT2D eigenvalue weighted by Gasteiger charge is -2.35. The topological polar surface area (TPSA) is 79.0 Å². The highest BCUT2D eigenvalue weighted by Crippen LogP contribution is 2.15. The Morgan fingerprint density at radius 3 is 2.43 bits per heavy atom. The molecule has 0 radical (unpaired) electrons. The van der Waals surface area contributed by atoms with Crippen LogP contribution in [-0.2, 0) is 19.6 Å². The van der Waals surface area contributed by atoms with Gasteiger partial charge in [-0.15, -0.1) is 12.4 Å². The van der Waals surface area contributed by atoms with Crippen molar-refractivity contribution >= 4 is 28.3 Å². The van der Waals surface area contributed by atoms with E-state index in [0.717, 1.165) is 19.5 Å². The molecule has 2 rings (SSSR count). The van der Waals surface area contributed by atoms with E-state index in [1.54, 1.807) is 4.90 Å². The van der Waals surface area contributed by atoms with Crippen molar-refractivity contribution in [1.82, 2.24) is 14.5 Å². The number of piperazine rings is 1. The molecular formula is C14H28ClN3O4S. The van der Waals surface area contributed by atoms with E-state index >= 15 is 0 Å². The highest BCUT2D eigenvalue weighted by atomic mass is 35.5. The first kappa shape index (κ1) is 20.6. The monoisotopic (exact) mass is 369 g/mol. The van der Waals surface area contributed by atoms with Crippen molar-refractivity contribution in [2.75, 3.05) is 51.6 Å². The summed E-state index contributed by atoms with van der Waals surface area (Å²) in [6.07, 6.45) is 0.911. The molecule has 0 aromatic rings. The van der Waals surface area contributed by atoms with E-state index in [1.807, 2.05) is 13.8 Å². The summed E-state index contributed by atoms with van der Waals surface area (Å²) < 4.78 is 31.3. The SMILES string of the molecule is CC(C)OCCS(=O)(=O)N1CCN(C(=O)C2CCNC2)CC1.Cl. The summed E-state index contributed by atoms with van der Waals surface area (Å²) in [6, 6.07) is 0.